The number of hydrogen-bond acceptors (Lipinski definition) is 5. The first-order valence-corrected chi connectivity index (χ1v) is 8.99. The highest BCUT2D eigenvalue weighted by molar-refractivity contribution is 6.30. The van der Waals surface area contributed by atoms with Crippen LogP contribution in [0.1, 0.15) is 25.2 Å². The predicted octanol–water partition coefficient (Wildman–Crippen LogP) is 3.44. The van der Waals surface area contributed by atoms with Crippen LogP contribution in [0.25, 0.3) is 11.4 Å². The van der Waals surface area contributed by atoms with E-state index in [1.165, 1.54) is 19.3 Å². The Hall–Kier alpha value is -1.43. The van der Waals surface area contributed by atoms with Gasteiger partial charge in [0, 0.05) is 42.1 Å². The summed E-state index contributed by atoms with van der Waals surface area (Å²) < 4.78 is 11.1. The maximum atomic E-state index is 5.91. The Morgan fingerprint density at radius 3 is 2.88 bits per heavy atom. The van der Waals surface area contributed by atoms with E-state index < -0.39 is 0 Å². The Balaban J connectivity index is 1.33. The molecule has 1 spiro atoms. The minimum Gasteiger partial charge on any atom is -0.381 e. The number of benzene rings is 1. The van der Waals surface area contributed by atoms with E-state index in [0.717, 1.165) is 44.8 Å². The molecule has 4 rings (SSSR count). The molecule has 3 heterocycles. The molecule has 2 aromatic rings. The second kappa shape index (κ2) is 6.82. The summed E-state index contributed by atoms with van der Waals surface area (Å²) in [6, 6.07) is 7.49. The lowest BCUT2D eigenvalue weighted by molar-refractivity contribution is -0.00211. The highest BCUT2D eigenvalue weighted by Gasteiger charge is 2.39. The van der Waals surface area contributed by atoms with Gasteiger partial charge in [0.15, 0.2) is 0 Å². The fourth-order valence-electron chi connectivity index (χ4n) is 3.78. The van der Waals surface area contributed by atoms with E-state index in [2.05, 4.69) is 15.0 Å². The van der Waals surface area contributed by atoms with Gasteiger partial charge >= 0.3 is 0 Å². The predicted molar refractivity (Wildman–Crippen MR) is 92.0 cm³/mol. The van der Waals surface area contributed by atoms with E-state index in [-0.39, 0.29) is 0 Å². The summed E-state index contributed by atoms with van der Waals surface area (Å²) in [5.74, 6) is 1.32. The van der Waals surface area contributed by atoms with E-state index in [4.69, 9.17) is 20.9 Å². The van der Waals surface area contributed by atoms with Crippen molar-refractivity contribution in [2.24, 2.45) is 5.41 Å². The van der Waals surface area contributed by atoms with Gasteiger partial charge in [-0.15, -0.1) is 0 Å². The fraction of sp³-hybridized carbons (Fsp3) is 0.556. The van der Waals surface area contributed by atoms with E-state index in [9.17, 15) is 0 Å². The summed E-state index contributed by atoms with van der Waals surface area (Å²) in [6.45, 7) is 5.08. The number of rotatable bonds is 4. The molecule has 2 fully saturated rings. The zero-order valence-electron chi connectivity index (χ0n) is 13.7. The number of likely N-dealkylation sites (tertiary alicyclic amines) is 1. The molecular weight excluding hydrogens is 326 g/mol. The number of ether oxygens (including phenoxy) is 1. The zero-order chi connectivity index (χ0) is 16.4. The lowest BCUT2D eigenvalue weighted by Gasteiger charge is -2.33. The Kier molecular flexibility index (Phi) is 4.57. The van der Waals surface area contributed by atoms with Crippen molar-refractivity contribution in [2.45, 2.75) is 25.7 Å². The summed E-state index contributed by atoms with van der Waals surface area (Å²) in [5, 5.41) is 4.78. The highest BCUT2D eigenvalue weighted by atomic mass is 35.5. The van der Waals surface area contributed by atoms with Gasteiger partial charge in [-0.3, -0.25) is 0 Å². The van der Waals surface area contributed by atoms with Crippen LogP contribution >= 0.6 is 11.6 Å². The molecule has 24 heavy (non-hydrogen) atoms. The number of halogens is 1. The van der Waals surface area contributed by atoms with Crippen LogP contribution in [0.5, 0.6) is 0 Å². The monoisotopic (exact) mass is 347 g/mol. The lowest BCUT2D eigenvalue weighted by atomic mass is 9.82. The van der Waals surface area contributed by atoms with Crippen LogP contribution in [0, 0.1) is 5.41 Å². The van der Waals surface area contributed by atoms with Crippen molar-refractivity contribution >= 4 is 11.6 Å². The minimum atomic E-state index is 0.390. The van der Waals surface area contributed by atoms with E-state index in [1.54, 1.807) is 0 Å². The van der Waals surface area contributed by atoms with Gasteiger partial charge in [0.2, 0.25) is 11.7 Å². The first-order chi connectivity index (χ1) is 11.7. The third kappa shape index (κ3) is 3.48. The molecule has 0 amide bonds. The lowest BCUT2D eigenvalue weighted by Crippen LogP contribution is -2.35. The van der Waals surface area contributed by atoms with Crippen molar-refractivity contribution in [1.82, 2.24) is 15.0 Å². The average molecular weight is 348 g/mol. The third-order valence-corrected chi connectivity index (χ3v) is 5.39. The van der Waals surface area contributed by atoms with Crippen LogP contribution in [0.2, 0.25) is 5.02 Å². The average Bonchev–Trinajstić information content (AvgIpc) is 3.22. The summed E-state index contributed by atoms with van der Waals surface area (Å²) in [4.78, 5) is 7.00. The molecule has 0 aliphatic carbocycles. The van der Waals surface area contributed by atoms with E-state index in [1.807, 2.05) is 24.3 Å². The Morgan fingerprint density at radius 1 is 1.21 bits per heavy atom. The van der Waals surface area contributed by atoms with Gasteiger partial charge in [-0.1, -0.05) is 16.8 Å². The van der Waals surface area contributed by atoms with Gasteiger partial charge < -0.3 is 14.2 Å². The molecular formula is C18H22ClN3O2. The maximum Gasteiger partial charge on any atom is 0.228 e. The molecule has 0 saturated carbocycles. The van der Waals surface area contributed by atoms with Crippen molar-refractivity contribution in [3.8, 4) is 11.4 Å². The van der Waals surface area contributed by atoms with Crippen LogP contribution in [0.4, 0.5) is 0 Å². The molecule has 5 nitrogen and oxygen atoms in total. The SMILES string of the molecule is Clc1ccc(-c2noc(CCN3CCC4(CCCOC4)C3)n2)cc1. The second-order valence-corrected chi connectivity index (χ2v) is 7.39. The first-order valence-electron chi connectivity index (χ1n) is 8.61. The maximum absolute atomic E-state index is 5.91. The van der Waals surface area contributed by atoms with Gasteiger partial charge in [0.1, 0.15) is 0 Å². The van der Waals surface area contributed by atoms with E-state index >= 15 is 0 Å². The molecule has 2 saturated heterocycles. The van der Waals surface area contributed by atoms with Crippen molar-refractivity contribution in [2.75, 3.05) is 32.8 Å². The van der Waals surface area contributed by atoms with Gasteiger partial charge in [0.25, 0.3) is 0 Å². The molecule has 128 valence electrons. The molecule has 1 aromatic heterocycles. The fourth-order valence-corrected chi connectivity index (χ4v) is 3.90. The van der Waals surface area contributed by atoms with Gasteiger partial charge in [-0.25, -0.2) is 0 Å². The number of hydrogen-bond donors (Lipinski definition) is 0. The van der Waals surface area contributed by atoms with Crippen molar-refractivity contribution in [3.63, 3.8) is 0 Å². The minimum absolute atomic E-state index is 0.390. The standard InChI is InChI=1S/C18H22ClN3O2/c19-15-4-2-14(3-5-15)17-20-16(24-21-17)6-9-22-10-8-18(12-22)7-1-11-23-13-18/h2-5H,1,6-13H2. The van der Waals surface area contributed by atoms with Crippen LogP contribution in [-0.4, -0.2) is 47.9 Å². The van der Waals surface area contributed by atoms with Gasteiger partial charge in [0.05, 0.1) is 6.61 Å². The molecule has 0 bridgehead atoms. The molecule has 1 unspecified atom stereocenters. The largest absolute Gasteiger partial charge is 0.381 e. The molecule has 2 aliphatic heterocycles. The van der Waals surface area contributed by atoms with Crippen LogP contribution < -0.4 is 0 Å². The van der Waals surface area contributed by atoms with Gasteiger partial charge in [-0.05, 0) is 50.1 Å². The van der Waals surface area contributed by atoms with Crippen LogP contribution in [0.3, 0.4) is 0 Å². The topological polar surface area (TPSA) is 51.4 Å². The molecule has 1 aromatic carbocycles. The molecule has 6 heteroatoms. The van der Waals surface area contributed by atoms with Crippen molar-refractivity contribution < 1.29 is 9.26 Å². The number of nitrogens with zero attached hydrogens (tertiary/aromatic N) is 3. The molecule has 2 aliphatic rings. The Labute approximate surface area is 146 Å². The third-order valence-electron chi connectivity index (χ3n) is 5.13. The zero-order valence-corrected chi connectivity index (χ0v) is 14.5. The summed E-state index contributed by atoms with van der Waals surface area (Å²) >= 11 is 5.91. The summed E-state index contributed by atoms with van der Waals surface area (Å²) in [7, 11) is 0. The molecule has 1 atom stereocenters. The molecule has 0 radical (unpaired) electrons. The normalized spacial score (nSPS) is 24.7. The number of aromatic nitrogens is 2. The summed E-state index contributed by atoms with van der Waals surface area (Å²) in [5.41, 5.74) is 1.32. The smallest absolute Gasteiger partial charge is 0.228 e. The first kappa shape index (κ1) is 16.1. The quantitative estimate of drug-likeness (QED) is 0.848. The Morgan fingerprint density at radius 2 is 2.08 bits per heavy atom. The van der Waals surface area contributed by atoms with Crippen LogP contribution in [0.15, 0.2) is 28.8 Å². The van der Waals surface area contributed by atoms with Crippen molar-refractivity contribution in [1.29, 1.82) is 0 Å². The van der Waals surface area contributed by atoms with Gasteiger partial charge in [-0.2, -0.15) is 4.98 Å². The Bertz CT molecular complexity index is 680. The van der Waals surface area contributed by atoms with Crippen LogP contribution in [-0.2, 0) is 11.2 Å². The highest BCUT2D eigenvalue weighted by Crippen LogP contribution is 2.37. The van der Waals surface area contributed by atoms with E-state index in [0.29, 0.717) is 22.2 Å². The summed E-state index contributed by atoms with van der Waals surface area (Å²) in [6.07, 6.45) is 4.52. The second-order valence-electron chi connectivity index (χ2n) is 6.95. The van der Waals surface area contributed by atoms with Crippen molar-refractivity contribution in [3.05, 3.63) is 35.2 Å². The molecule has 0 N–H and O–H groups in total.